The highest BCUT2D eigenvalue weighted by molar-refractivity contribution is 5.75. The highest BCUT2D eigenvalue weighted by atomic mass is 19.4. The molecule has 23 heavy (non-hydrogen) atoms. The Morgan fingerprint density at radius 3 is 2.04 bits per heavy atom. The standard InChI is InChI=1S/C12H14F6N4O/c1-7-4-5-19-8(6-7)20-10(11(13,14)15,12(16,17)18)21-9(23)22(2)3/h4-6H,1-3H3,(H,19,20)(H,21,23). The molecule has 11 heteroatoms. The zero-order valence-corrected chi connectivity index (χ0v) is 12.3. The summed E-state index contributed by atoms with van der Waals surface area (Å²) in [7, 11) is 2.02. The quantitative estimate of drug-likeness (QED) is 0.655. The van der Waals surface area contributed by atoms with Gasteiger partial charge in [0.1, 0.15) is 5.82 Å². The van der Waals surface area contributed by atoms with Crippen molar-refractivity contribution in [2.75, 3.05) is 19.4 Å². The molecule has 1 rings (SSSR count). The summed E-state index contributed by atoms with van der Waals surface area (Å²) < 4.78 is 79.4. The Labute approximate surface area is 127 Å². The van der Waals surface area contributed by atoms with Crippen LogP contribution in [0.3, 0.4) is 0 Å². The second-order valence-electron chi connectivity index (χ2n) is 4.91. The van der Waals surface area contributed by atoms with E-state index in [9.17, 15) is 31.1 Å². The summed E-state index contributed by atoms with van der Waals surface area (Å²) in [6.07, 6.45) is -10.7. The van der Waals surface area contributed by atoms with Crippen LogP contribution in [0.4, 0.5) is 37.0 Å². The van der Waals surface area contributed by atoms with E-state index in [4.69, 9.17) is 0 Å². The maximum Gasteiger partial charge on any atom is 0.439 e. The molecule has 0 bridgehead atoms. The number of halogens is 6. The van der Waals surface area contributed by atoms with E-state index in [2.05, 4.69) is 4.98 Å². The largest absolute Gasteiger partial charge is 0.439 e. The highest BCUT2D eigenvalue weighted by Crippen LogP contribution is 2.43. The fourth-order valence-electron chi connectivity index (χ4n) is 1.54. The lowest BCUT2D eigenvalue weighted by Gasteiger charge is -2.39. The van der Waals surface area contributed by atoms with Gasteiger partial charge in [0.25, 0.3) is 0 Å². The number of alkyl halides is 6. The molecule has 0 spiro atoms. The summed E-state index contributed by atoms with van der Waals surface area (Å²) in [6, 6.07) is 0.820. The molecule has 130 valence electrons. The van der Waals surface area contributed by atoms with Crippen LogP contribution < -0.4 is 10.6 Å². The van der Waals surface area contributed by atoms with Crippen LogP contribution in [0.5, 0.6) is 0 Å². The van der Waals surface area contributed by atoms with Gasteiger partial charge in [-0.25, -0.2) is 9.78 Å². The number of hydrogen-bond acceptors (Lipinski definition) is 3. The monoisotopic (exact) mass is 344 g/mol. The van der Waals surface area contributed by atoms with Crippen molar-refractivity contribution >= 4 is 11.8 Å². The van der Waals surface area contributed by atoms with Crippen LogP contribution in [0.25, 0.3) is 0 Å². The second kappa shape index (κ2) is 6.13. The van der Waals surface area contributed by atoms with Gasteiger partial charge in [0.2, 0.25) is 0 Å². The number of rotatable bonds is 3. The van der Waals surface area contributed by atoms with Gasteiger partial charge in [-0.1, -0.05) is 0 Å². The summed E-state index contributed by atoms with van der Waals surface area (Å²) >= 11 is 0. The number of aryl methyl sites for hydroxylation is 1. The molecule has 1 aromatic rings. The van der Waals surface area contributed by atoms with Crippen LogP contribution in [-0.2, 0) is 0 Å². The third kappa shape index (κ3) is 3.96. The number of hydrogen-bond donors (Lipinski definition) is 2. The van der Waals surface area contributed by atoms with E-state index < -0.39 is 29.9 Å². The molecule has 1 aromatic heterocycles. The Morgan fingerprint density at radius 1 is 1.13 bits per heavy atom. The van der Waals surface area contributed by atoms with E-state index in [1.807, 2.05) is 0 Å². The number of carbonyl (C=O) groups is 1. The number of nitrogens with zero attached hydrogens (tertiary/aromatic N) is 2. The summed E-state index contributed by atoms with van der Waals surface area (Å²) in [5.41, 5.74) is -4.29. The van der Waals surface area contributed by atoms with E-state index in [0.29, 0.717) is 10.5 Å². The molecule has 0 unspecified atom stereocenters. The predicted octanol–water partition coefficient (Wildman–Crippen LogP) is 2.89. The molecule has 5 nitrogen and oxygen atoms in total. The van der Waals surface area contributed by atoms with Crippen molar-refractivity contribution in [2.24, 2.45) is 0 Å². The Balaban J connectivity index is 3.41. The van der Waals surface area contributed by atoms with E-state index in [-0.39, 0.29) is 0 Å². The van der Waals surface area contributed by atoms with E-state index in [1.54, 1.807) is 0 Å². The maximum atomic E-state index is 13.2. The number of urea groups is 1. The van der Waals surface area contributed by atoms with Gasteiger partial charge in [-0.2, -0.15) is 26.3 Å². The summed E-state index contributed by atoms with van der Waals surface area (Å²) in [5.74, 6) is -0.682. The zero-order chi connectivity index (χ0) is 18.1. The van der Waals surface area contributed by atoms with Crippen LogP contribution in [-0.4, -0.2) is 48.0 Å². The molecule has 1 heterocycles. The molecule has 0 fully saturated rings. The lowest BCUT2D eigenvalue weighted by atomic mass is 10.1. The minimum atomic E-state index is -5.87. The second-order valence-corrected chi connectivity index (χ2v) is 4.91. The molecule has 0 saturated heterocycles. The first-order valence-electron chi connectivity index (χ1n) is 6.14. The van der Waals surface area contributed by atoms with Gasteiger partial charge in [0, 0.05) is 20.3 Å². The molecule has 0 radical (unpaired) electrons. The third-order valence-electron chi connectivity index (χ3n) is 2.78. The van der Waals surface area contributed by atoms with Crippen molar-refractivity contribution in [3.05, 3.63) is 23.9 Å². The zero-order valence-electron chi connectivity index (χ0n) is 12.3. The maximum absolute atomic E-state index is 13.2. The fraction of sp³-hybridized carbons (Fsp3) is 0.500. The van der Waals surface area contributed by atoms with Crippen molar-refractivity contribution in [3.8, 4) is 0 Å². The minimum absolute atomic E-state index is 0.389. The molecule has 0 atom stereocenters. The van der Waals surface area contributed by atoms with Crippen LogP contribution in [0.2, 0.25) is 0 Å². The van der Waals surface area contributed by atoms with E-state index >= 15 is 0 Å². The van der Waals surface area contributed by atoms with Gasteiger partial charge in [-0.3, -0.25) is 5.32 Å². The molecule has 0 aromatic carbocycles. The molecule has 0 aliphatic rings. The number of anilines is 1. The van der Waals surface area contributed by atoms with Crippen LogP contribution in [0, 0.1) is 6.92 Å². The molecule has 2 N–H and O–H groups in total. The van der Waals surface area contributed by atoms with Crippen molar-refractivity contribution in [1.82, 2.24) is 15.2 Å². The lowest BCUT2D eigenvalue weighted by molar-refractivity contribution is -0.294. The van der Waals surface area contributed by atoms with E-state index in [1.165, 1.54) is 18.3 Å². The molecule has 0 aliphatic carbocycles. The number of carbonyl (C=O) groups excluding carboxylic acids is 1. The SMILES string of the molecule is Cc1ccnc(NC(NC(=O)N(C)C)(C(F)(F)F)C(F)(F)F)c1. The third-order valence-corrected chi connectivity index (χ3v) is 2.78. The van der Waals surface area contributed by atoms with Crippen molar-refractivity contribution in [3.63, 3.8) is 0 Å². The van der Waals surface area contributed by atoms with Gasteiger partial charge < -0.3 is 10.2 Å². The Kier molecular flexibility index (Phi) is 5.02. The number of aromatic nitrogens is 1. The summed E-state index contributed by atoms with van der Waals surface area (Å²) in [6.45, 7) is 1.47. The fourth-order valence-corrected chi connectivity index (χ4v) is 1.54. The first kappa shape index (κ1) is 18.8. The first-order valence-corrected chi connectivity index (χ1v) is 6.14. The topological polar surface area (TPSA) is 57.3 Å². The summed E-state index contributed by atoms with van der Waals surface area (Å²) in [5, 5.41) is 2.24. The molecule has 2 amide bonds. The van der Waals surface area contributed by atoms with Crippen molar-refractivity contribution in [1.29, 1.82) is 0 Å². The van der Waals surface area contributed by atoms with Gasteiger partial charge in [-0.05, 0) is 24.6 Å². The number of nitrogens with one attached hydrogen (secondary N) is 2. The van der Waals surface area contributed by atoms with Gasteiger partial charge in [-0.15, -0.1) is 0 Å². The Hall–Kier alpha value is -2.20. The van der Waals surface area contributed by atoms with Gasteiger partial charge >= 0.3 is 24.0 Å². The smallest absolute Gasteiger partial charge is 0.332 e. The predicted molar refractivity (Wildman–Crippen MR) is 69.7 cm³/mol. The van der Waals surface area contributed by atoms with Gasteiger partial charge in [0.15, 0.2) is 0 Å². The molecule has 0 saturated carbocycles. The number of pyridine rings is 1. The molecule has 0 aliphatic heterocycles. The normalized spacial score (nSPS) is 12.7. The molecular weight excluding hydrogens is 330 g/mol. The van der Waals surface area contributed by atoms with Crippen LogP contribution in [0.1, 0.15) is 5.56 Å². The first-order chi connectivity index (χ1) is 10.3. The highest BCUT2D eigenvalue weighted by Gasteiger charge is 2.73. The average molecular weight is 344 g/mol. The summed E-state index contributed by atoms with van der Waals surface area (Å²) in [4.78, 5) is 15.4. The van der Waals surface area contributed by atoms with E-state index in [0.717, 1.165) is 31.7 Å². The molecular formula is C12H14F6N4O. The lowest BCUT2D eigenvalue weighted by Crippen LogP contribution is -2.73. The van der Waals surface area contributed by atoms with Crippen molar-refractivity contribution < 1.29 is 31.1 Å². The minimum Gasteiger partial charge on any atom is -0.332 e. The van der Waals surface area contributed by atoms with Crippen molar-refractivity contribution in [2.45, 2.75) is 24.9 Å². The van der Waals surface area contributed by atoms with Crippen LogP contribution >= 0.6 is 0 Å². The van der Waals surface area contributed by atoms with Gasteiger partial charge in [0.05, 0.1) is 0 Å². The Morgan fingerprint density at radius 2 is 1.65 bits per heavy atom. The number of amides is 2. The van der Waals surface area contributed by atoms with Crippen LogP contribution in [0.15, 0.2) is 18.3 Å². The average Bonchev–Trinajstić information content (AvgIpc) is 2.34. The Bertz CT molecular complexity index is 555.